The highest BCUT2D eigenvalue weighted by molar-refractivity contribution is 6.30. The molecule has 1 amide bonds. The number of pyridine rings is 1. The van der Waals surface area contributed by atoms with Gasteiger partial charge < -0.3 is 14.6 Å². The second-order valence-electron chi connectivity index (χ2n) is 5.82. The zero-order valence-electron chi connectivity index (χ0n) is 12.9. The molecule has 1 fully saturated rings. The summed E-state index contributed by atoms with van der Waals surface area (Å²) in [4.78, 5) is 14.2. The molecule has 3 aromatic heterocycles. The highest BCUT2D eigenvalue weighted by Gasteiger charge is 2.24. The molecular formula is C16H16ClN5O2. The van der Waals surface area contributed by atoms with Crippen molar-refractivity contribution in [3.05, 3.63) is 47.5 Å². The summed E-state index contributed by atoms with van der Waals surface area (Å²) in [6.07, 6.45) is 6.47. The number of halogens is 1. The quantitative estimate of drug-likeness (QED) is 0.788. The van der Waals surface area contributed by atoms with Crippen LogP contribution in [0.2, 0.25) is 5.02 Å². The van der Waals surface area contributed by atoms with E-state index < -0.39 is 0 Å². The average Bonchev–Trinajstić information content (AvgIpc) is 3.25. The van der Waals surface area contributed by atoms with Gasteiger partial charge in [0.05, 0.1) is 16.8 Å². The van der Waals surface area contributed by atoms with E-state index in [0.29, 0.717) is 10.6 Å². The van der Waals surface area contributed by atoms with Gasteiger partial charge in [-0.15, -0.1) is 10.2 Å². The zero-order valence-corrected chi connectivity index (χ0v) is 13.6. The number of aromatic nitrogens is 3. The van der Waals surface area contributed by atoms with E-state index in [9.17, 15) is 4.79 Å². The molecule has 4 heterocycles. The molecule has 124 valence electrons. The van der Waals surface area contributed by atoms with Gasteiger partial charge in [0, 0.05) is 25.3 Å². The Hall–Kier alpha value is -2.54. The highest BCUT2D eigenvalue weighted by atomic mass is 35.5. The predicted octanol–water partition coefficient (Wildman–Crippen LogP) is 2.37. The summed E-state index contributed by atoms with van der Waals surface area (Å²) in [6, 6.07) is 5.45. The minimum absolute atomic E-state index is 0.0955. The lowest BCUT2D eigenvalue weighted by atomic mass is 10.0. The molecule has 3 aromatic rings. The Bertz CT molecular complexity index is 853. The van der Waals surface area contributed by atoms with Crippen LogP contribution in [0.15, 0.2) is 41.3 Å². The predicted molar refractivity (Wildman–Crippen MR) is 89.4 cm³/mol. The van der Waals surface area contributed by atoms with E-state index in [1.54, 1.807) is 12.1 Å². The largest absolute Gasteiger partial charge is 0.472 e. The second kappa shape index (κ2) is 6.16. The van der Waals surface area contributed by atoms with Crippen molar-refractivity contribution < 1.29 is 9.21 Å². The number of carbonyl (C=O) groups is 1. The van der Waals surface area contributed by atoms with Crippen molar-refractivity contribution in [1.82, 2.24) is 19.9 Å². The Morgan fingerprint density at radius 2 is 2.08 bits per heavy atom. The smallest absolute Gasteiger partial charge is 0.254 e. The maximum absolute atomic E-state index is 12.1. The molecule has 1 aliphatic rings. The Morgan fingerprint density at radius 1 is 1.25 bits per heavy atom. The van der Waals surface area contributed by atoms with Gasteiger partial charge in [-0.05, 0) is 31.0 Å². The van der Waals surface area contributed by atoms with Crippen LogP contribution in [-0.2, 0) is 0 Å². The van der Waals surface area contributed by atoms with Crippen molar-refractivity contribution in [2.45, 2.75) is 18.9 Å². The van der Waals surface area contributed by atoms with Crippen molar-refractivity contribution in [2.24, 2.45) is 0 Å². The average molecular weight is 346 g/mol. The number of carbonyl (C=O) groups excluding carboxylic acids is 1. The molecule has 0 saturated carbocycles. The molecule has 0 bridgehead atoms. The van der Waals surface area contributed by atoms with Crippen LogP contribution in [0.25, 0.3) is 5.65 Å². The number of piperidine rings is 1. The van der Waals surface area contributed by atoms with Gasteiger partial charge in [0.25, 0.3) is 5.91 Å². The Labute approximate surface area is 143 Å². The molecule has 4 rings (SSSR count). The van der Waals surface area contributed by atoms with Gasteiger partial charge in [0.15, 0.2) is 5.65 Å². The van der Waals surface area contributed by atoms with E-state index in [4.69, 9.17) is 16.0 Å². The second-order valence-corrected chi connectivity index (χ2v) is 6.26. The Kier molecular flexibility index (Phi) is 3.86. The number of nitrogens with one attached hydrogen (secondary N) is 1. The molecule has 1 saturated heterocycles. The van der Waals surface area contributed by atoms with E-state index in [1.807, 2.05) is 16.7 Å². The molecule has 7 nitrogen and oxygen atoms in total. The fourth-order valence-electron chi connectivity index (χ4n) is 2.95. The van der Waals surface area contributed by atoms with Crippen molar-refractivity contribution in [2.75, 3.05) is 18.0 Å². The molecule has 0 radical (unpaired) electrons. The minimum atomic E-state index is -0.0955. The molecule has 0 spiro atoms. The van der Waals surface area contributed by atoms with Crippen LogP contribution >= 0.6 is 11.6 Å². The summed E-state index contributed by atoms with van der Waals surface area (Å²) in [5.74, 6) is 0.689. The summed E-state index contributed by atoms with van der Waals surface area (Å²) in [5.41, 5.74) is 1.32. The van der Waals surface area contributed by atoms with E-state index >= 15 is 0 Å². The summed E-state index contributed by atoms with van der Waals surface area (Å²) >= 11 is 6.07. The molecule has 0 aliphatic carbocycles. The summed E-state index contributed by atoms with van der Waals surface area (Å²) < 4.78 is 6.84. The normalized spacial score (nSPS) is 15.8. The van der Waals surface area contributed by atoms with E-state index in [0.717, 1.165) is 37.5 Å². The SMILES string of the molecule is O=C(NC1CCN(c2nnc3ccc(Cl)cn23)CC1)c1ccoc1. The van der Waals surface area contributed by atoms with Gasteiger partial charge in [-0.2, -0.15) is 0 Å². The Balaban J connectivity index is 1.42. The van der Waals surface area contributed by atoms with Crippen LogP contribution in [-0.4, -0.2) is 39.6 Å². The lowest BCUT2D eigenvalue weighted by Crippen LogP contribution is -2.45. The maximum Gasteiger partial charge on any atom is 0.254 e. The van der Waals surface area contributed by atoms with Crippen molar-refractivity contribution in [1.29, 1.82) is 0 Å². The minimum Gasteiger partial charge on any atom is -0.472 e. The fourth-order valence-corrected chi connectivity index (χ4v) is 3.12. The van der Waals surface area contributed by atoms with Gasteiger partial charge in [0.2, 0.25) is 5.95 Å². The van der Waals surface area contributed by atoms with Crippen molar-refractivity contribution >= 4 is 29.1 Å². The zero-order chi connectivity index (χ0) is 16.5. The van der Waals surface area contributed by atoms with Crippen LogP contribution in [0.1, 0.15) is 23.2 Å². The first-order chi connectivity index (χ1) is 11.7. The molecule has 0 atom stereocenters. The third-order valence-electron chi connectivity index (χ3n) is 4.24. The van der Waals surface area contributed by atoms with Crippen LogP contribution in [0, 0.1) is 0 Å². The summed E-state index contributed by atoms with van der Waals surface area (Å²) in [6.45, 7) is 1.59. The van der Waals surface area contributed by atoms with Crippen LogP contribution in [0.5, 0.6) is 0 Å². The van der Waals surface area contributed by atoms with Gasteiger partial charge in [-0.1, -0.05) is 11.6 Å². The Morgan fingerprint density at radius 3 is 2.83 bits per heavy atom. The van der Waals surface area contributed by atoms with E-state index in [1.165, 1.54) is 12.5 Å². The standard InChI is InChI=1S/C16H16ClN5O2/c17-12-1-2-14-19-20-16(22(14)9-12)21-6-3-13(4-7-21)18-15(23)11-5-8-24-10-11/h1-2,5,8-10,13H,3-4,6-7H2,(H,18,23). The molecule has 1 N–H and O–H groups in total. The summed E-state index contributed by atoms with van der Waals surface area (Å²) in [7, 11) is 0. The molecule has 8 heteroatoms. The van der Waals surface area contributed by atoms with Crippen molar-refractivity contribution in [3.63, 3.8) is 0 Å². The lowest BCUT2D eigenvalue weighted by molar-refractivity contribution is 0.0930. The van der Waals surface area contributed by atoms with Crippen molar-refractivity contribution in [3.8, 4) is 0 Å². The van der Waals surface area contributed by atoms with Crippen LogP contribution in [0.4, 0.5) is 5.95 Å². The maximum atomic E-state index is 12.1. The number of furan rings is 1. The monoisotopic (exact) mass is 345 g/mol. The fraction of sp³-hybridized carbons (Fsp3) is 0.312. The number of fused-ring (bicyclic) bond motifs is 1. The lowest BCUT2D eigenvalue weighted by Gasteiger charge is -2.32. The third kappa shape index (κ3) is 2.82. The summed E-state index contributed by atoms with van der Waals surface area (Å²) in [5, 5.41) is 12.1. The van der Waals surface area contributed by atoms with E-state index in [2.05, 4.69) is 20.4 Å². The molecule has 1 aliphatic heterocycles. The number of rotatable bonds is 3. The molecule has 24 heavy (non-hydrogen) atoms. The number of nitrogens with zero attached hydrogens (tertiary/aromatic N) is 4. The molecule has 0 aromatic carbocycles. The van der Waals surface area contributed by atoms with Crippen LogP contribution in [0.3, 0.4) is 0 Å². The number of amides is 1. The van der Waals surface area contributed by atoms with Gasteiger partial charge in [-0.25, -0.2) is 0 Å². The van der Waals surface area contributed by atoms with Gasteiger partial charge in [0.1, 0.15) is 6.26 Å². The number of hydrogen-bond donors (Lipinski definition) is 1. The van der Waals surface area contributed by atoms with Gasteiger partial charge in [-0.3, -0.25) is 9.20 Å². The highest BCUT2D eigenvalue weighted by Crippen LogP contribution is 2.21. The number of anilines is 1. The van der Waals surface area contributed by atoms with Crippen LogP contribution < -0.4 is 10.2 Å². The third-order valence-corrected chi connectivity index (χ3v) is 4.47. The molecule has 0 unspecified atom stereocenters. The first kappa shape index (κ1) is 15.0. The first-order valence-corrected chi connectivity index (χ1v) is 8.17. The van der Waals surface area contributed by atoms with Gasteiger partial charge >= 0.3 is 0 Å². The topological polar surface area (TPSA) is 75.7 Å². The van der Waals surface area contributed by atoms with E-state index in [-0.39, 0.29) is 11.9 Å². The number of hydrogen-bond acceptors (Lipinski definition) is 5. The molecular weight excluding hydrogens is 330 g/mol. The first-order valence-electron chi connectivity index (χ1n) is 7.79.